The number of nitrogens with zero attached hydrogens (tertiary/aromatic N) is 2. The average molecular weight is 229 g/mol. The van der Waals surface area contributed by atoms with E-state index in [1.54, 1.807) is 24.7 Å². The maximum absolute atomic E-state index is 10.1. The molecule has 0 aliphatic rings. The molecular weight excluding hydrogens is 214 g/mol. The van der Waals surface area contributed by atoms with Crippen molar-refractivity contribution in [2.45, 2.75) is 19.4 Å². The van der Waals surface area contributed by atoms with E-state index in [2.05, 4.69) is 9.97 Å². The predicted octanol–water partition coefficient (Wildman–Crippen LogP) is 1.64. The molecule has 88 valence electrons. The zero-order valence-electron chi connectivity index (χ0n) is 9.67. The molecule has 0 aliphatic carbocycles. The van der Waals surface area contributed by atoms with Crippen LogP contribution in [0.5, 0.6) is 0 Å². The Morgan fingerprint density at radius 3 is 2.88 bits per heavy atom. The van der Waals surface area contributed by atoms with Gasteiger partial charge in [-0.3, -0.25) is 4.98 Å². The molecule has 1 atom stereocenters. The minimum Gasteiger partial charge on any atom is -0.388 e. The summed E-state index contributed by atoms with van der Waals surface area (Å²) in [5, 5.41) is 10.1. The smallest absolute Gasteiger partial charge is 0.123 e. The van der Waals surface area contributed by atoms with Crippen molar-refractivity contribution < 1.29 is 5.11 Å². The third-order valence-corrected chi connectivity index (χ3v) is 2.71. The van der Waals surface area contributed by atoms with Crippen LogP contribution in [0.4, 0.5) is 5.82 Å². The zero-order valence-corrected chi connectivity index (χ0v) is 9.67. The van der Waals surface area contributed by atoms with E-state index in [0.29, 0.717) is 12.2 Å². The molecule has 4 heteroatoms. The third-order valence-electron chi connectivity index (χ3n) is 2.71. The summed E-state index contributed by atoms with van der Waals surface area (Å²) in [6.07, 6.45) is 5.01. The number of aromatic nitrogens is 2. The number of nitrogen functional groups attached to an aromatic ring is 1. The summed E-state index contributed by atoms with van der Waals surface area (Å²) < 4.78 is 0. The second-order valence-electron chi connectivity index (χ2n) is 4.04. The van der Waals surface area contributed by atoms with Gasteiger partial charge in [-0.05, 0) is 36.2 Å². The van der Waals surface area contributed by atoms with E-state index in [1.807, 2.05) is 19.1 Å². The van der Waals surface area contributed by atoms with Crippen molar-refractivity contribution in [2.75, 3.05) is 5.73 Å². The van der Waals surface area contributed by atoms with Crippen molar-refractivity contribution in [2.24, 2.45) is 0 Å². The van der Waals surface area contributed by atoms with Crippen LogP contribution < -0.4 is 5.73 Å². The average Bonchev–Trinajstić information content (AvgIpc) is 2.29. The van der Waals surface area contributed by atoms with Crippen molar-refractivity contribution in [3.05, 3.63) is 53.5 Å². The van der Waals surface area contributed by atoms with Gasteiger partial charge >= 0.3 is 0 Å². The fourth-order valence-corrected chi connectivity index (χ4v) is 1.78. The number of anilines is 1. The number of nitrogens with two attached hydrogens (primary N) is 1. The van der Waals surface area contributed by atoms with E-state index in [-0.39, 0.29) is 0 Å². The lowest BCUT2D eigenvalue weighted by molar-refractivity contribution is 0.177. The molecule has 2 aromatic heterocycles. The summed E-state index contributed by atoms with van der Waals surface area (Å²) in [5.74, 6) is 0.470. The first-order valence-corrected chi connectivity index (χ1v) is 5.46. The molecule has 2 aromatic rings. The predicted molar refractivity (Wildman–Crippen MR) is 66.3 cm³/mol. The van der Waals surface area contributed by atoms with Crippen LogP contribution in [0, 0.1) is 6.92 Å². The SMILES string of the molecule is Cc1ccncc1C(O)Cc1ccnc(N)c1. The van der Waals surface area contributed by atoms with Gasteiger partial charge in [-0.25, -0.2) is 4.98 Å². The molecule has 1 unspecified atom stereocenters. The van der Waals surface area contributed by atoms with Gasteiger partial charge in [0, 0.05) is 30.6 Å². The van der Waals surface area contributed by atoms with Gasteiger partial charge in [-0.2, -0.15) is 0 Å². The minimum atomic E-state index is -0.564. The maximum atomic E-state index is 10.1. The van der Waals surface area contributed by atoms with Crippen LogP contribution in [0.1, 0.15) is 22.8 Å². The van der Waals surface area contributed by atoms with Crippen LogP contribution in [0.2, 0.25) is 0 Å². The monoisotopic (exact) mass is 229 g/mol. The van der Waals surface area contributed by atoms with E-state index in [9.17, 15) is 5.11 Å². The summed E-state index contributed by atoms with van der Waals surface area (Å²) in [5.41, 5.74) is 8.45. The van der Waals surface area contributed by atoms with Crippen LogP contribution in [0.15, 0.2) is 36.8 Å². The molecule has 0 saturated carbocycles. The number of aryl methyl sites for hydroxylation is 1. The Balaban J connectivity index is 2.17. The van der Waals surface area contributed by atoms with Crippen LogP contribution in [0.3, 0.4) is 0 Å². The lowest BCUT2D eigenvalue weighted by atomic mass is 10.0. The third kappa shape index (κ3) is 2.79. The largest absolute Gasteiger partial charge is 0.388 e. The Bertz CT molecular complexity index is 514. The molecule has 0 aliphatic heterocycles. The van der Waals surface area contributed by atoms with Crippen molar-refractivity contribution in [1.29, 1.82) is 0 Å². The summed E-state index contributed by atoms with van der Waals surface area (Å²) in [6.45, 7) is 1.96. The first-order chi connectivity index (χ1) is 8.16. The molecule has 0 saturated heterocycles. The number of aliphatic hydroxyl groups excluding tert-OH is 1. The molecule has 0 radical (unpaired) electrons. The first-order valence-electron chi connectivity index (χ1n) is 5.46. The number of aliphatic hydroxyl groups is 1. The zero-order chi connectivity index (χ0) is 12.3. The molecule has 0 aromatic carbocycles. The highest BCUT2D eigenvalue weighted by Crippen LogP contribution is 2.20. The van der Waals surface area contributed by atoms with Gasteiger partial charge in [0.25, 0.3) is 0 Å². The van der Waals surface area contributed by atoms with Gasteiger partial charge in [0.05, 0.1) is 6.10 Å². The van der Waals surface area contributed by atoms with Gasteiger partial charge in [-0.1, -0.05) is 0 Å². The Morgan fingerprint density at radius 2 is 2.18 bits per heavy atom. The van der Waals surface area contributed by atoms with Crippen LogP contribution >= 0.6 is 0 Å². The molecule has 4 nitrogen and oxygen atoms in total. The van der Waals surface area contributed by atoms with Crippen molar-refractivity contribution in [3.63, 3.8) is 0 Å². The van der Waals surface area contributed by atoms with E-state index in [4.69, 9.17) is 5.73 Å². The van der Waals surface area contributed by atoms with E-state index in [1.165, 1.54) is 0 Å². The van der Waals surface area contributed by atoms with Crippen LogP contribution in [-0.2, 0) is 6.42 Å². The summed E-state index contributed by atoms with van der Waals surface area (Å²) in [4.78, 5) is 7.95. The molecule has 0 fully saturated rings. The molecule has 2 rings (SSSR count). The summed E-state index contributed by atoms with van der Waals surface area (Å²) >= 11 is 0. The standard InChI is InChI=1S/C13H15N3O/c1-9-2-4-15-8-11(9)12(17)6-10-3-5-16-13(14)7-10/h2-5,7-8,12,17H,6H2,1H3,(H2,14,16). The second kappa shape index (κ2) is 4.93. The molecule has 3 N–H and O–H groups in total. The Hall–Kier alpha value is -1.94. The molecule has 0 bridgehead atoms. The highest BCUT2D eigenvalue weighted by Gasteiger charge is 2.11. The van der Waals surface area contributed by atoms with Crippen LogP contribution in [0.25, 0.3) is 0 Å². The van der Waals surface area contributed by atoms with Gasteiger partial charge in [0.2, 0.25) is 0 Å². The highest BCUT2D eigenvalue weighted by molar-refractivity contribution is 5.33. The van der Waals surface area contributed by atoms with E-state index in [0.717, 1.165) is 16.7 Å². The Kier molecular flexibility index (Phi) is 3.35. The van der Waals surface area contributed by atoms with E-state index >= 15 is 0 Å². The number of pyridine rings is 2. The fourth-order valence-electron chi connectivity index (χ4n) is 1.78. The summed E-state index contributed by atoms with van der Waals surface area (Å²) in [6, 6.07) is 5.51. The van der Waals surface area contributed by atoms with Gasteiger partial charge in [0.1, 0.15) is 5.82 Å². The van der Waals surface area contributed by atoms with Gasteiger partial charge in [0.15, 0.2) is 0 Å². The quantitative estimate of drug-likeness (QED) is 0.839. The number of rotatable bonds is 3. The fraction of sp³-hybridized carbons (Fsp3) is 0.231. The second-order valence-corrected chi connectivity index (χ2v) is 4.04. The lowest BCUT2D eigenvalue weighted by Crippen LogP contribution is -2.05. The number of hydrogen-bond donors (Lipinski definition) is 2. The summed E-state index contributed by atoms with van der Waals surface area (Å²) in [7, 11) is 0. The van der Waals surface area contributed by atoms with Gasteiger partial charge < -0.3 is 10.8 Å². The Morgan fingerprint density at radius 1 is 1.35 bits per heavy atom. The molecular formula is C13H15N3O. The normalized spacial score (nSPS) is 12.4. The first kappa shape index (κ1) is 11.5. The van der Waals surface area contributed by atoms with Gasteiger partial charge in [-0.15, -0.1) is 0 Å². The van der Waals surface area contributed by atoms with Crippen LogP contribution in [-0.4, -0.2) is 15.1 Å². The lowest BCUT2D eigenvalue weighted by Gasteiger charge is -2.13. The van der Waals surface area contributed by atoms with Crippen molar-refractivity contribution >= 4 is 5.82 Å². The Labute approximate surface area is 100 Å². The molecule has 0 amide bonds. The molecule has 0 spiro atoms. The van der Waals surface area contributed by atoms with E-state index < -0.39 is 6.10 Å². The highest BCUT2D eigenvalue weighted by atomic mass is 16.3. The minimum absolute atomic E-state index is 0.470. The molecule has 17 heavy (non-hydrogen) atoms. The molecule has 2 heterocycles. The maximum Gasteiger partial charge on any atom is 0.123 e. The number of hydrogen-bond acceptors (Lipinski definition) is 4. The van der Waals surface area contributed by atoms with Crippen molar-refractivity contribution in [1.82, 2.24) is 9.97 Å². The topological polar surface area (TPSA) is 72.0 Å². The van der Waals surface area contributed by atoms with Crippen molar-refractivity contribution in [3.8, 4) is 0 Å².